The van der Waals surface area contributed by atoms with E-state index >= 15 is 0 Å². The van der Waals surface area contributed by atoms with Gasteiger partial charge in [-0.2, -0.15) is 0 Å². The lowest BCUT2D eigenvalue weighted by Crippen LogP contribution is -1.96. The molecule has 4 nitrogen and oxygen atoms in total. The zero-order valence-electron chi connectivity index (χ0n) is 12.7. The Morgan fingerprint density at radius 3 is 2.45 bits per heavy atom. The van der Waals surface area contributed by atoms with Crippen LogP contribution in [0.15, 0.2) is 54.2 Å². The van der Waals surface area contributed by atoms with Gasteiger partial charge in [-0.15, -0.1) is 0 Å². The first kappa shape index (κ1) is 14.8. The smallest absolute Gasteiger partial charge is 0.187 e. The third-order valence-corrected chi connectivity index (χ3v) is 4.64. The third-order valence-electron chi connectivity index (χ3n) is 3.48. The maximum atomic E-state index is 4.46. The van der Waals surface area contributed by atoms with Crippen LogP contribution in [-0.2, 0) is 0 Å². The van der Waals surface area contributed by atoms with Crippen molar-refractivity contribution in [1.29, 1.82) is 0 Å². The van der Waals surface area contributed by atoms with Crippen molar-refractivity contribution >= 4 is 11.8 Å². The Morgan fingerprint density at radius 2 is 1.77 bits per heavy atom. The minimum absolute atomic E-state index is 0.524. The van der Waals surface area contributed by atoms with Crippen molar-refractivity contribution in [2.45, 2.75) is 30.7 Å². The molecule has 0 aliphatic rings. The van der Waals surface area contributed by atoms with Gasteiger partial charge in [0.15, 0.2) is 5.16 Å². The van der Waals surface area contributed by atoms with Crippen molar-refractivity contribution in [3.63, 3.8) is 0 Å². The predicted molar refractivity (Wildman–Crippen MR) is 90.7 cm³/mol. The number of hydrogen-bond acceptors (Lipinski definition) is 4. The molecule has 0 saturated carbocycles. The summed E-state index contributed by atoms with van der Waals surface area (Å²) in [7, 11) is 0. The minimum Gasteiger partial charge on any atom is -0.344 e. The highest BCUT2D eigenvalue weighted by Gasteiger charge is 2.12. The van der Waals surface area contributed by atoms with Crippen LogP contribution in [0.4, 0.5) is 0 Å². The molecule has 2 heterocycles. The monoisotopic (exact) mass is 310 g/mol. The van der Waals surface area contributed by atoms with Crippen LogP contribution in [0.5, 0.6) is 0 Å². The predicted octanol–water partition coefficient (Wildman–Crippen LogP) is 4.42. The molecule has 0 unspecified atom stereocenters. The summed E-state index contributed by atoms with van der Waals surface area (Å²) in [6.07, 6.45) is 6.51. The summed E-state index contributed by atoms with van der Waals surface area (Å²) < 4.78 is 0. The first-order valence-electron chi connectivity index (χ1n) is 7.35. The number of aromatic nitrogens is 4. The summed E-state index contributed by atoms with van der Waals surface area (Å²) in [5.41, 5.74) is 3.90. The van der Waals surface area contributed by atoms with E-state index < -0.39 is 0 Å². The lowest BCUT2D eigenvalue weighted by molar-refractivity contribution is 0.885. The van der Waals surface area contributed by atoms with Gasteiger partial charge in [0.05, 0.1) is 17.7 Å². The molecule has 112 valence electrons. The molecule has 0 aliphatic heterocycles. The van der Waals surface area contributed by atoms with Gasteiger partial charge in [-0.05, 0) is 6.42 Å². The van der Waals surface area contributed by atoms with Crippen molar-refractivity contribution in [2.75, 3.05) is 0 Å². The summed E-state index contributed by atoms with van der Waals surface area (Å²) >= 11 is 1.70. The van der Waals surface area contributed by atoms with E-state index in [9.17, 15) is 0 Å². The fourth-order valence-corrected chi connectivity index (χ4v) is 2.85. The number of imidazole rings is 1. The number of rotatable bonds is 5. The van der Waals surface area contributed by atoms with Gasteiger partial charge in [-0.25, -0.2) is 15.0 Å². The van der Waals surface area contributed by atoms with E-state index in [-0.39, 0.29) is 0 Å². The molecule has 5 heteroatoms. The van der Waals surface area contributed by atoms with E-state index in [4.69, 9.17) is 0 Å². The molecular formula is C17H18N4S. The second-order valence-electron chi connectivity index (χ2n) is 5.08. The average Bonchev–Trinajstić information content (AvgIpc) is 3.06. The standard InChI is InChI=1S/C17H18N4S/c1-3-12(2)22-17-18-9-14(10-19-17)16-15(20-11-21-16)13-7-5-4-6-8-13/h4-12H,3H2,1-2H3,(H,20,21)/t12-/m1/s1. The van der Waals surface area contributed by atoms with Crippen LogP contribution in [0.1, 0.15) is 20.3 Å². The normalized spacial score (nSPS) is 12.3. The molecule has 0 amide bonds. The van der Waals surface area contributed by atoms with E-state index in [1.54, 1.807) is 18.1 Å². The minimum atomic E-state index is 0.524. The molecule has 0 bridgehead atoms. The van der Waals surface area contributed by atoms with E-state index in [0.29, 0.717) is 5.25 Å². The van der Waals surface area contributed by atoms with Gasteiger partial charge in [0, 0.05) is 28.8 Å². The van der Waals surface area contributed by atoms with Crippen LogP contribution in [0.3, 0.4) is 0 Å². The van der Waals surface area contributed by atoms with Crippen molar-refractivity contribution in [1.82, 2.24) is 19.9 Å². The molecule has 3 aromatic rings. The molecule has 1 N–H and O–H groups in total. The number of nitrogens with zero attached hydrogens (tertiary/aromatic N) is 3. The maximum Gasteiger partial charge on any atom is 0.187 e. The molecule has 1 aromatic carbocycles. The van der Waals surface area contributed by atoms with E-state index in [1.807, 2.05) is 30.6 Å². The number of nitrogens with one attached hydrogen (secondary N) is 1. The summed E-state index contributed by atoms with van der Waals surface area (Å²) in [6, 6.07) is 10.2. The average molecular weight is 310 g/mol. The SMILES string of the molecule is CC[C@@H](C)Sc1ncc(-c2nc[nH]c2-c2ccccc2)cn1. The van der Waals surface area contributed by atoms with Gasteiger partial charge < -0.3 is 4.98 Å². The number of H-pyrrole nitrogens is 1. The van der Waals surface area contributed by atoms with Crippen molar-refractivity contribution in [3.8, 4) is 22.5 Å². The van der Waals surface area contributed by atoms with Gasteiger partial charge in [-0.3, -0.25) is 0 Å². The molecule has 22 heavy (non-hydrogen) atoms. The Balaban J connectivity index is 1.88. The molecule has 0 radical (unpaired) electrons. The highest BCUT2D eigenvalue weighted by molar-refractivity contribution is 7.99. The van der Waals surface area contributed by atoms with Crippen LogP contribution in [0.25, 0.3) is 22.5 Å². The first-order valence-corrected chi connectivity index (χ1v) is 8.23. The van der Waals surface area contributed by atoms with Crippen molar-refractivity contribution < 1.29 is 0 Å². The van der Waals surface area contributed by atoms with E-state index in [0.717, 1.165) is 34.1 Å². The van der Waals surface area contributed by atoms with Gasteiger partial charge in [0.1, 0.15) is 0 Å². The number of hydrogen-bond donors (Lipinski definition) is 1. The summed E-state index contributed by atoms with van der Waals surface area (Å²) in [5, 5.41) is 1.34. The Morgan fingerprint density at radius 1 is 1.05 bits per heavy atom. The molecule has 1 atom stereocenters. The number of aromatic amines is 1. The zero-order valence-corrected chi connectivity index (χ0v) is 13.5. The Kier molecular flexibility index (Phi) is 4.53. The quantitative estimate of drug-likeness (QED) is 0.559. The Labute approximate surface area is 134 Å². The van der Waals surface area contributed by atoms with Gasteiger partial charge in [0.25, 0.3) is 0 Å². The van der Waals surface area contributed by atoms with Crippen LogP contribution in [0, 0.1) is 0 Å². The fourth-order valence-electron chi connectivity index (χ4n) is 2.10. The van der Waals surface area contributed by atoms with Gasteiger partial charge in [0.2, 0.25) is 0 Å². The summed E-state index contributed by atoms with van der Waals surface area (Å²) in [6.45, 7) is 4.35. The molecule has 0 spiro atoms. The van der Waals surface area contributed by atoms with Crippen LogP contribution >= 0.6 is 11.8 Å². The first-order chi connectivity index (χ1) is 10.8. The lowest BCUT2D eigenvalue weighted by Gasteiger charge is -2.07. The zero-order chi connectivity index (χ0) is 15.4. The Hall–Kier alpha value is -2.14. The highest BCUT2D eigenvalue weighted by atomic mass is 32.2. The van der Waals surface area contributed by atoms with Crippen LogP contribution in [0.2, 0.25) is 0 Å². The lowest BCUT2D eigenvalue weighted by atomic mass is 10.1. The second-order valence-corrected chi connectivity index (χ2v) is 6.49. The third kappa shape index (κ3) is 3.20. The van der Waals surface area contributed by atoms with E-state index in [2.05, 4.69) is 45.9 Å². The topological polar surface area (TPSA) is 54.5 Å². The molecule has 0 fully saturated rings. The number of benzene rings is 1. The van der Waals surface area contributed by atoms with Crippen molar-refractivity contribution in [2.24, 2.45) is 0 Å². The fraction of sp³-hybridized carbons (Fsp3) is 0.235. The molecule has 2 aromatic heterocycles. The maximum absolute atomic E-state index is 4.46. The van der Waals surface area contributed by atoms with E-state index in [1.165, 1.54) is 0 Å². The highest BCUT2D eigenvalue weighted by Crippen LogP contribution is 2.29. The molecule has 0 saturated heterocycles. The van der Waals surface area contributed by atoms with Crippen molar-refractivity contribution in [3.05, 3.63) is 49.1 Å². The molecule has 3 rings (SSSR count). The summed E-state index contributed by atoms with van der Waals surface area (Å²) in [4.78, 5) is 16.5. The largest absolute Gasteiger partial charge is 0.344 e. The Bertz CT molecular complexity index is 722. The van der Waals surface area contributed by atoms with Crippen LogP contribution in [-0.4, -0.2) is 25.2 Å². The molecular weight excluding hydrogens is 292 g/mol. The van der Waals surface area contributed by atoms with Gasteiger partial charge in [-0.1, -0.05) is 55.9 Å². The molecule has 0 aliphatic carbocycles. The van der Waals surface area contributed by atoms with Crippen LogP contribution < -0.4 is 0 Å². The number of thioether (sulfide) groups is 1. The summed E-state index contributed by atoms with van der Waals surface area (Å²) in [5.74, 6) is 0. The van der Waals surface area contributed by atoms with Gasteiger partial charge >= 0.3 is 0 Å². The second kappa shape index (κ2) is 6.75.